The third-order valence-corrected chi connectivity index (χ3v) is 2.29. The maximum absolute atomic E-state index is 13.4. The topological polar surface area (TPSA) is 63.3 Å². The van der Waals surface area contributed by atoms with Crippen molar-refractivity contribution >= 4 is 5.97 Å². The molecular formula is C14H14FNO2. The first-order valence-corrected chi connectivity index (χ1v) is 5.54. The third kappa shape index (κ3) is 3.63. The van der Waals surface area contributed by atoms with Crippen LogP contribution in [0.5, 0.6) is 0 Å². The Balaban J connectivity index is 2.97. The molecule has 0 fully saturated rings. The summed E-state index contributed by atoms with van der Waals surface area (Å²) in [6.07, 6.45) is 3.11. The average molecular weight is 247 g/mol. The van der Waals surface area contributed by atoms with Crippen LogP contribution in [0.3, 0.4) is 0 Å². The SMILES string of the molecule is CCC/C(C#Cc1ccc(C(=O)O)c(F)c1)=C\N. The van der Waals surface area contributed by atoms with Crippen LogP contribution in [0.4, 0.5) is 4.39 Å². The number of carboxylic acids is 1. The molecule has 0 aliphatic heterocycles. The van der Waals surface area contributed by atoms with E-state index in [1.54, 1.807) is 0 Å². The molecule has 1 rings (SSSR count). The van der Waals surface area contributed by atoms with E-state index in [4.69, 9.17) is 10.8 Å². The Bertz CT molecular complexity index is 538. The van der Waals surface area contributed by atoms with Gasteiger partial charge in [0.25, 0.3) is 0 Å². The molecule has 0 aliphatic carbocycles. The van der Waals surface area contributed by atoms with Gasteiger partial charge in [0.15, 0.2) is 0 Å². The summed E-state index contributed by atoms with van der Waals surface area (Å²) in [6, 6.07) is 3.78. The molecule has 18 heavy (non-hydrogen) atoms. The molecule has 3 nitrogen and oxygen atoms in total. The molecule has 0 unspecified atom stereocenters. The molecule has 0 aliphatic rings. The van der Waals surface area contributed by atoms with E-state index < -0.39 is 11.8 Å². The number of aromatic carboxylic acids is 1. The molecule has 0 saturated heterocycles. The maximum Gasteiger partial charge on any atom is 0.338 e. The van der Waals surface area contributed by atoms with Gasteiger partial charge in [-0.2, -0.15) is 0 Å². The summed E-state index contributed by atoms with van der Waals surface area (Å²) in [6.45, 7) is 2.01. The summed E-state index contributed by atoms with van der Waals surface area (Å²) in [5.41, 5.74) is 6.24. The first kappa shape index (κ1) is 13.8. The minimum atomic E-state index is -1.29. The van der Waals surface area contributed by atoms with Gasteiger partial charge in [0, 0.05) is 17.3 Å². The van der Waals surface area contributed by atoms with Gasteiger partial charge in [-0.1, -0.05) is 25.2 Å². The fourth-order valence-corrected chi connectivity index (χ4v) is 1.38. The summed E-state index contributed by atoms with van der Waals surface area (Å²) in [5.74, 6) is 3.51. The lowest BCUT2D eigenvalue weighted by Gasteiger charge is -1.98. The fraction of sp³-hybridized carbons (Fsp3) is 0.214. The Morgan fingerprint density at radius 2 is 2.28 bits per heavy atom. The number of benzene rings is 1. The van der Waals surface area contributed by atoms with Crippen molar-refractivity contribution in [2.75, 3.05) is 0 Å². The zero-order valence-corrected chi connectivity index (χ0v) is 10.0. The van der Waals surface area contributed by atoms with Crippen LogP contribution in [-0.4, -0.2) is 11.1 Å². The van der Waals surface area contributed by atoms with Gasteiger partial charge in [0.2, 0.25) is 0 Å². The van der Waals surface area contributed by atoms with E-state index in [1.165, 1.54) is 18.3 Å². The predicted octanol–water partition coefficient (Wildman–Crippen LogP) is 2.52. The normalized spacial score (nSPS) is 10.7. The first-order valence-electron chi connectivity index (χ1n) is 5.54. The second kappa shape index (κ2) is 6.45. The monoisotopic (exact) mass is 247 g/mol. The van der Waals surface area contributed by atoms with E-state index in [1.807, 2.05) is 6.92 Å². The lowest BCUT2D eigenvalue weighted by atomic mass is 10.1. The molecule has 0 atom stereocenters. The molecule has 94 valence electrons. The van der Waals surface area contributed by atoms with Crippen LogP contribution in [0.25, 0.3) is 0 Å². The highest BCUT2D eigenvalue weighted by atomic mass is 19.1. The molecular weight excluding hydrogens is 233 g/mol. The standard InChI is InChI=1S/C14H14FNO2/c1-2-3-11(9-16)5-4-10-6-7-12(14(17)18)13(15)8-10/h6-9H,2-3,16H2,1H3,(H,17,18)/b11-9+. The fourth-order valence-electron chi connectivity index (χ4n) is 1.38. The van der Waals surface area contributed by atoms with E-state index in [9.17, 15) is 9.18 Å². The Kier molecular flexibility index (Phi) is 4.94. The molecule has 0 heterocycles. The summed E-state index contributed by atoms with van der Waals surface area (Å²) in [5, 5.41) is 8.68. The van der Waals surface area contributed by atoms with Gasteiger partial charge in [0.05, 0.1) is 5.56 Å². The van der Waals surface area contributed by atoms with Crippen molar-refractivity contribution in [2.45, 2.75) is 19.8 Å². The summed E-state index contributed by atoms with van der Waals surface area (Å²) in [4.78, 5) is 10.6. The van der Waals surface area contributed by atoms with Crippen LogP contribution in [-0.2, 0) is 0 Å². The van der Waals surface area contributed by atoms with Crippen LogP contribution in [0.15, 0.2) is 30.0 Å². The van der Waals surface area contributed by atoms with Crippen LogP contribution >= 0.6 is 0 Å². The highest BCUT2D eigenvalue weighted by molar-refractivity contribution is 5.88. The lowest BCUT2D eigenvalue weighted by Crippen LogP contribution is -2.00. The van der Waals surface area contributed by atoms with Gasteiger partial charge < -0.3 is 10.8 Å². The molecule has 0 bridgehead atoms. The van der Waals surface area contributed by atoms with Crippen molar-refractivity contribution in [3.8, 4) is 11.8 Å². The second-order valence-corrected chi connectivity index (χ2v) is 3.69. The smallest absolute Gasteiger partial charge is 0.338 e. The highest BCUT2D eigenvalue weighted by Crippen LogP contribution is 2.10. The van der Waals surface area contributed by atoms with Crippen LogP contribution < -0.4 is 5.73 Å². The van der Waals surface area contributed by atoms with Gasteiger partial charge in [-0.25, -0.2) is 9.18 Å². The lowest BCUT2D eigenvalue weighted by molar-refractivity contribution is 0.0692. The van der Waals surface area contributed by atoms with Crippen molar-refractivity contribution in [2.24, 2.45) is 5.73 Å². The number of nitrogens with two attached hydrogens (primary N) is 1. The van der Waals surface area contributed by atoms with E-state index in [0.717, 1.165) is 24.5 Å². The Morgan fingerprint density at radius 3 is 2.78 bits per heavy atom. The molecule has 0 spiro atoms. The van der Waals surface area contributed by atoms with Crippen molar-refractivity contribution in [1.82, 2.24) is 0 Å². The minimum Gasteiger partial charge on any atom is -0.478 e. The Hall–Kier alpha value is -2.28. The number of hydrogen-bond donors (Lipinski definition) is 2. The summed E-state index contributed by atoms with van der Waals surface area (Å²) in [7, 11) is 0. The van der Waals surface area contributed by atoms with Crippen molar-refractivity contribution in [1.29, 1.82) is 0 Å². The van der Waals surface area contributed by atoms with Crippen LogP contribution in [0, 0.1) is 17.7 Å². The molecule has 0 radical (unpaired) electrons. The number of halogens is 1. The van der Waals surface area contributed by atoms with Crippen molar-refractivity contribution < 1.29 is 14.3 Å². The van der Waals surface area contributed by atoms with Crippen LogP contribution in [0.1, 0.15) is 35.7 Å². The summed E-state index contributed by atoms with van der Waals surface area (Å²) >= 11 is 0. The zero-order valence-electron chi connectivity index (χ0n) is 10.0. The Morgan fingerprint density at radius 1 is 1.56 bits per heavy atom. The minimum absolute atomic E-state index is 0.358. The zero-order chi connectivity index (χ0) is 13.5. The van der Waals surface area contributed by atoms with Gasteiger partial charge in [-0.05, 0) is 24.6 Å². The van der Waals surface area contributed by atoms with Crippen molar-refractivity contribution in [3.05, 3.63) is 46.9 Å². The first-order chi connectivity index (χ1) is 8.58. The van der Waals surface area contributed by atoms with E-state index >= 15 is 0 Å². The van der Waals surface area contributed by atoms with Crippen LogP contribution in [0.2, 0.25) is 0 Å². The number of rotatable bonds is 3. The van der Waals surface area contributed by atoms with E-state index in [-0.39, 0.29) is 5.56 Å². The predicted molar refractivity (Wildman–Crippen MR) is 67.4 cm³/mol. The van der Waals surface area contributed by atoms with E-state index in [2.05, 4.69) is 11.8 Å². The quantitative estimate of drug-likeness (QED) is 0.807. The second-order valence-electron chi connectivity index (χ2n) is 3.69. The number of hydrogen-bond acceptors (Lipinski definition) is 2. The molecule has 0 aromatic heterocycles. The van der Waals surface area contributed by atoms with Gasteiger partial charge in [0.1, 0.15) is 5.82 Å². The molecule has 3 N–H and O–H groups in total. The maximum atomic E-state index is 13.4. The number of carboxylic acid groups (broad SMARTS) is 1. The van der Waals surface area contributed by atoms with Crippen molar-refractivity contribution in [3.63, 3.8) is 0 Å². The number of allylic oxidation sites excluding steroid dienone is 1. The average Bonchev–Trinajstić information content (AvgIpc) is 2.34. The van der Waals surface area contributed by atoms with E-state index in [0.29, 0.717) is 5.56 Å². The van der Waals surface area contributed by atoms with Gasteiger partial charge in [-0.15, -0.1) is 0 Å². The highest BCUT2D eigenvalue weighted by Gasteiger charge is 2.09. The Labute approximate surface area is 105 Å². The van der Waals surface area contributed by atoms with Gasteiger partial charge >= 0.3 is 5.97 Å². The summed E-state index contributed by atoms with van der Waals surface area (Å²) < 4.78 is 13.4. The molecule has 4 heteroatoms. The largest absolute Gasteiger partial charge is 0.478 e. The molecule has 1 aromatic carbocycles. The molecule has 0 amide bonds. The molecule has 0 saturated carbocycles. The third-order valence-electron chi connectivity index (χ3n) is 2.29. The van der Waals surface area contributed by atoms with Gasteiger partial charge in [-0.3, -0.25) is 0 Å². The molecule has 1 aromatic rings. The number of carbonyl (C=O) groups is 1.